The van der Waals surface area contributed by atoms with E-state index in [1.54, 1.807) is 7.11 Å². The highest BCUT2D eigenvalue weighted by Crippen LogP contribution is 2.33. The van der Waals surface area contributed by atoms with E-state index in [-0.39, 0.29) is 5.92 Å². The first kappa shape index (κ1) is 14.1. The first-order chi connectivity index (χ1) is 9.15. The van der Waals surface area contributed by atoms with Crippen LogP contribution in [0.25, 0.3) is 0 Å². The van der Waals surface area contributed by atoms with Crippen molar-refractivity contribution in [2.45, 2.75) is 46.0 Å². The molecule has 1 aliphatic rings. The van der Waals surface area contributed by atoms with Crippen molar-refractivity contribution in [3.05, 3.63) is 29.3 Å². The van der Waals surface area contributed by atoms with Crippen LogP contribution in [0.3, 0.4) is 0 Å². The van der Waals surface area contributed by atoms with Crippen LogP contribution in [0.5, 0.6) is 5.75 Å². The van der Waals surface area contributed by atoms with Crippen LogP contribution in [0.2, 0.25) is 0 Å². The molecular weight excluding hydrogens is 236 g/mol. The number of hydrogen-bond donors (Lipinski definition) is 0. The maximum absolute atomic E-state index is 12.6. The normalized spacial score (nSPS) is 23.1. The third-order valence-electron chi connectivity index (χ3n) is 4.41. The zero-order valence-corrected chi connectivity index (χ0v) is 12.2. The van der Waals surface area contributed by atoms with Crippen LogP contribution in [0.15, 0.2) is 18.2 Å². The Kier molecular flexibility index (Phi) is 4.62. The van der Waals surface area contributed by atoms with E-state index in [0.29, 0.717) is 5.78 Å². The van der Waals surface area contributed by atoms with Gasteiger partial charge >= 0.3 is 0 Å². The number of aryl methyl sites for hydroxylation is 1. The number of carbonyl (C=O) groups excluding carboxylic acids is 1. The summed E-state index contributed by atoms with van der Waals surface area (Å²) in [6.07, 6.45) is 5.82. The molecule has 104 valence electrons. The fourth-order valence-electron chi connectivity index (χ4n) is 3.17. The lowest BCUT2D eigenvalue weighted by atomic mass is 9.77. The van der Waals surface area contributed by atoms with Crippen molar-refractivity contribution in [2.24, 2.45) is 11.8 Å². The van der Waals surface area contributed by atoms with Gasteiger partial charge in [-0.1, -0.05) is 26.2 Å². The van der Waals surface area contributed by atoms with E-state index in [4.69, 9.17) is 4.74 Å². The minimum atomic E-state index is 0.228. The molecule has 2 unspecified atom stereocenters. The maximum Gasteiger partial charge on any atom is 0.165 e. The fraction of sp³-hybridized carbons (Fsp3) is 0.588. The van der Waals surface area contributed by atoms with Crippen LogP contribution < -0.4 is 4.74 Å². The van der Waals surface area contributed by atoms with Gasteiger partial charge in [0.15, 0.2) is 5.78 Å². The van der Waals surface area contributed by atoms with Crippen molar-refractivity contribution in [3.8, 4) is 5.75 Å². The second-order valence-electron chi connectivity index (χ2n) is 5.69. The van der Waals surface area contributed by atoms with E-state index < -0.39 is 0 Å². The van der Waals surface area contributed by atoms with Crippen molar-refractivity contribution in [2.75, 3.05) is 7.11 Å². The number of Topliss-reactive ketones (excluding diaryl/α,β-unsaturated/α-hetero) is 1. The molecule has 0 aliphatic heterocycles. The predicted molar refractivity (Wildman–Crippen MR) is 77.8 cm³/mol. The van der Waals surface area contributed by atoms with Gasteiger partial charge < -0.3 is 4.74 Å². The Labute approximate surface area is 116 Å². The Morgan fingerprint density at radius 3 is 2.79 bits per heavy atom. The predicted octanol–water partition coefficient (Wildman–Crippen LogP) is 4.40. The summed E-state index contributed by atoms with van der Waals surface area (Å²) in [5.41, 5.74) is 1.89. The molecule has 1 saturated carbocycles. The van der Waals surface area contributed by atoms with Crippen LogP contribution in [-0.4, -0.2) is 12.9 Å². The molecule has 0 radical (unpaired) electrons. The quantitative estimate of drug-likeness (QED) is 0.750. The Balaban J connectivity index is 2.12. The Morgan fingerprint density at radius 1 is 1.37 bits per heavy atom. The molecule has 0 spiro atoms. The van der Waals surface area contributed by atoms with Crippen molar-refractivity contribution in [1.82, 2.24) is 0 Å². The highest BCUT2D eigenvalue weighted by Gasteiger charge is 2.27. The molecule has 0 heterocycles. The van der Waals surface area contributed by atoms with E-state index in [0.717, 1.165) is 35.6 Å². The van der Waals surface area contributed by atoms with Gasteiger partial charge in [-0.15, -0.1) is 0 Å². The van der Waals surface area contributed by atoms with Crippen molar-refractivity contribution >= 4 is 5.78 Å². The van der Waals surface area contributed by atoms with Gasteiger partial charge in [-0.05, 0) is 49.4 Å². The number of methoxy groups -OCH3 is 1. The largest absolute Gasteiger partial charge is 0.496 e. The van der Waals surface area contributed by atoms with Gasteiger partial charge in [-0.25, -0.2) is 0 Å². The summed E-state index contributed by atoms with van der Waals surface area (Å²) in [6, 6.07) is 5.78. The molecule has 0 N–H and O–H groups in total. The van der Waals surface area contributed by atoms with Gasteiger partial charge in [-0.2, -0.15) is 0 Å². The number of hydrogen-bond acceptors (Lipinski definition) is 2. The van der Waals surface area contributed by atoms with Gasteiger partial charge in [0.25, 0.3) is 0 Å². The van der Waals surface area contributed by atoms with Crippen LogP contribution in [-0.2, 0) is 0 Å². The highest BCUT2D eigenvalue weighted by atomic mass is 16.5. The van der Waals surface area contributed by atoms with Gasteiger partial charge in [0.2, 0.25) is 0 Å². The fourth-order valence-corrected chi connectivity index (χ4v) is 3.17. The molecule has 0 bridgehead atoms. The zero-order chi connectivity index (χ0) is 13.8. The van der Waals surface area contributed by atoms with Crippen LogP contribution in [0.1, 0.15) is 54.9 Å². The first-order valence-corrected chi connectivity index (χ1v) is 7.34. The lowest BCUT2D eigenvalue weighted by Crippen LogP contribution is -2.22. The molecule has 19 heavy (non-hydrogen) atoms. The first-order valence-electron chi connectivity index (χ1n) is 7.34. The average molecular weight is 260 g/mol. The molecular formula is C17H24O2. The average Bonchev–Trinajstić information content (AvgIpc) is 2.46. The summed E-state index contributed by atoms with van der Waals surface area (Å²) in [5, 5.41) is 0. The standard InChI is InChI=1S/C17H24O2/c1-4-13-6-5-7-14(11-13)17(18)15-8-9-16(19-3)12(2)10-15/h8-10,13-14H,4-7,11H2,1-3H3. The number of ether oxygens (including phenoxy) is 1. The van der Waals surface area contributed by atoms with Gasteiger partial charge in [0.05, 0.1) is 7.11 Å². The molecule has 1 aromatic rings. The van der Waals surface area contributed by atoms with Crippen LogP contribution in [0.4, 0.5) is 0 Å². The lowest BCUT2D eigenvalue weighted by Gasteiger charge is -2.27. The molecule has 1 fully saturated rings. The smallest absolute Gasteiger partial charge is 0.165 e. The minimum absolute atomic E-state index is 0.228. The molecule has 0 aromatic heterocycles. The maximum atomic E-state index is 12.6. The third kappa shape index (κ3) is 3.17. The van der Waals surface area contributed by atoms with E-state index in [2.05, 4.69) is 6.92 Å². The SMILES string of the molecule is CCC1CCCC(C(=O)c2ccc(OC)c(C)c2)C1. The summed E-state index contributed by atoms with van der Waals surface area (Å²) >= 11 is 0. The second-order valence-corrected chi connectivity index (χ2v) is 5.69. The van der Waals surface area contributed by atoms with E-state index in [9.17, 15) is 4.79 Å². The molecule has 1 aromatic carbocycles. The van der Waals surface area contributed by atoms with Crippen molar-refractivity contribution in [1.29, 1.82) is 0 Å². The van der Waals surface area contributed by atoms with E-state index >= 15 is 0 Å². The molecule has 1 aliphatic carbocycles. The summed E-state index contributed by atoms with van der Waals surface area (Å²) in [4.78, 5) is 12.6. The Morgan fingerprint density at radius 2 is 2.16 bits per heavy atom. The summed E-state index contributed by atoms with van der Waals surface area (Å²) < 4.78 is 5.25. The van der Waals surface area contributed by atoms with Crippen LogP contribution in [0, 0.1) is 18.8 Å². The molecule has 2 heteroatoms. The summed E-state index contributed by atoms with van der Waals surface area (Å²) in [6.45, 7) is 4.22. The van der Waals surface area contributed by atoms with Crippen LogP contribution >= 0.6 is 0 Å². The highest BCUT2D eigenvalue weighted by molar-refractivity contribution is 5.98. The monoisotopic (exact) mass is 260 g/mol. The summed E-state index contributed by atoms with van der Waals surface area (Å²) in [7, 11) is 1.66. The van der Waals surface area contributed by atoms with E-state index in [1.807, 2.05) is 25.1 Å². The Bertz CT molecular complexity index is 451. The zero-order valence-electron chi connectivity index (χ0n) is 12.2. The third-order valence-corrected chi connectivity index (χ3v) is 4.41. The lowest BCUT2D eigenvalue weighted by molar-refractivity contribution is 0.0862. The molecule has 0 saturated heterocycles. The number of rotatable bonds is 4. The molecule has 2 atom stereocenters. The number of carbonyl (C=O) groups is 1. The van der Waals surface area contributed by atoms with Crippen molar-refractivity contribution in [3.63, 3.8) is 0 Å². The van der Waals surface area contributed by atoms with Crippen molar-refractivity contribution < 1.29 is 9.53 Å². The number of ketones is 1. The molecule has 0 amide bonds. The van der Waals surface area contributed by atoms with Gasteiger partial charge in [0, 0.05) is 11.5 Å². The molecule has 2 rings (SSSR count). The second kappa shape index (κ2) is 6.23. The minimum Gasteiger partial charge on any atom is -0.496 e. The Hall–Kier alpha value is -1.31. The topological polar surface area (TPSA) is 26.3 Å². The number of benzene rings is 1. The summed E-state index contributed by atoms with van der Waals surface area (Å²) in [5.74, 6) is 2.14. The molecule has 2 nitrogen and oxygen atoms in total. The van der Waals surface area contributed by atoms with Gasteiger partial charge in [-0.3, -0.25) is 4.79 Å². The van der Waals surface area contributed by atoms with Gasteiger partial charge in [0.1, 0.15) is 5.75 Å². The van der Waals surface area contributed by atoms with E-state index in [1.165, 1.54) is 19.3 Å².